The lowest BCUT2D eigenvalue weighted by Gasteiger charge is -2.28. The summed E-state index contributed by atoms with van der Waals surface area (Å²) in [6.07, 6.45) is 6.77. The third kappa shape index (κ3) is 3.44. The number of rotatable bonds is 3. The zero-order chi connectivity index (χ0) is 17.2. The summed E-state index contributed by atoms with van der Waals surface area (Å²) in [6, 6.07) is 5.65. The molecule has 6 nitrogen and oxygen atoms in total. The first-order chi connectivity index (χ1) is 12.2. The number of anilines is 1. The Balaban J connectivity index is 1.51. The summed E-state index contributed by atoms with van der Waals surface area (Å²) in [4.78, 5) is 27.6. The number of aromatic nitrogens is 3. The molecule has 2 aromatic heterocycles. The molecule has 130 valence electrons. The molecule has 0 atom stereocenters. The smallest absolute Gasteiger partial charge is 0.272 e. The topological polar surface area (TPSA) is 71.0 Å². The van der Waals surface area contributed by atoms with Crippen LogP contribution < -0.4 is 5.32 Å². The minimum atomic E-state index is -0.0863. The van der Waals surface area contributed by atoms with Gasteiger partial charge < -0.3 is 10.2 Å². The third-order valence-corrected chi connectivity index (χ3v) is 5.16. The van der Waals surface area contributed by atoms with Gasteiger partial charge in [-0.3, -0.25) is 4.79 Å². The summed E-state index contributed by atoms with van der Waals surface area (Å²) < 4.78 is 0. The molecule has 1 N–H and O–H groups in total. The van der Waals surface area contributed by atoms with E-state index in [0.29, 0.717) is 30.0 Å². The Labute approximate surface area is 151 Å². The molecule has 1 fully saturated rings. The van der Waals surface area contributed by atoms with E-state index < -0.39 is 0 Å². The van der Waals surface area contributed by atoms with Crippen molar-refractivity contribution in [1.29, 1.82) is 0 Å². The maximum atomic E-state index is 12.7. The average Bonchev–Trinajstić information content (AvgIpc) is 2.80. The van der Waals surface area contributed by atoms with E-state index in [0.717, 1.165) is 29.9 Å². The van der Waals surface area contributed by atoms with Crippen molar-refractivity contribution in [1.82, 2.24) is 19.9 Å². The fourth-order valence-corrected chi connectivity index (χ4v) is 3.45. The Morgan fingerprint density at radius 2 is 2.04 bits per heavy atom. The summed E-state index contributed by atoms with van der Waals surface area (Å²) in [5, 5.41) is 3.87. The van der Waals surface area contributed by atoms with Crippen LogP contribution in [0.3, 0.4) is 0 Å². The Morgan fingerprint density at radius 1 is 1.20 bits per heavy atom. The lowest BCUT2D eigenvalue weighted by Crippen LogP contribution is -2.34. The third-order valence-electron chi connectivity index (χ3n) is 4.95. The van der Waals surface area contributed by atoms with Crippen LogP contribution in [0, 0.1) is 0 Å². The summed E-state index contributed by atoms with van der Waals surface area (Å²) in [6.45, 7) is 1.26. The molecule has 3 heterocycles. The monoisotopic (exact) mass is 357 g/mol. The lowest BCUT2D eigenvalue weighted by atomic mass is 9.93. The number of amides is 1. The van der Waals surface area contributed by atoms with Crippen molar-refractivity contribution in [2.24, 2.45) is 0 Å². The number of halogens is 1. The number of nitrogens with one attached hydrogen (secondary N) is 1. The van der Waals surface area contributed by atoms with E-state index in [1.54, 1.807) is 24.5 Å². The minimum Gasteiger partial charge on any atom is -0.367 e. The second-order valence-electron chi connectivity index (χ2n) is 6.56. The average molecular weight is 358 g/mol. The van der Waals surface area contributed by atoms with Crippen molar-refractivity contribution in [3.05, 3.63) is 46.6 Å². The highest BCUT2D eigenvalue weighted by molar-refractivity contribution is 6.29. The van der Waals surface area contributed by atoms with Gasteiger partial charge in [-0.25, -0.2) is 15.0 Å². The SMILES string of the molecule is O=C(c1cccc(Cl)n1)N1CCc2ncnc(NC3CCC3)c2CC1. The molecular weight excluding hydrogens is 338 g/mol. The maximum Gasteiger partial charge on any atom is 0.272 e. The highest BCUT2D eigenvalue weighted by Crippen LogP contribution is 2.26. The van der Waals surface area contributed by atoms with Gasteiger partial charge in [-0.2, -0.15) is 0 Å². The molecule has 0 bridgehead atoms. The van der Waals surface area contributed by atoms with Crippen LogP contribution in [0.5, 0.6) is 0 Å². The van der Waals surface area contributed by atoms with Crippen LogP contribution in [0.2, 0.25) is 5.15 Å². The van der Waals surface area contributed by atoms with Crippen LogP contribution in [-0.4, -0.2) is 44.9 Å². The second kappa shape index (κ2) is 6.96. The fraction of sp³-hybridized carbons (Fsp3) is 0.444. The molecule has 1 amide bonds. The van der Waals surface area contributed by atoms with Gasteiger partial charge in [-0.15, -0.1) is 0 Å². The van der Waals surface area contributed by atoms with Crippen molar-refractivity contribution in [2.45, 2.75) is 38.1 Å². The molecule has 1 aliphatic carbocycles. The van der Waals surface area contributed by atoms with Gasteiger partial charge in [-0.1, -0.05) is 17.7 Å². The number of hydrogen-bond acceptors (Lipinski definition) is 5. The number of fused-ring (bicyclic) bond motifs is 1. The highest BCUT2D eigenvalue weighted by Gasteiger charge is 2.25. The molecule has 0 spiro atoms. The molecule has 25 heavy (non-hydrogen) atoms. The zero-order valence-corrected chi connectivity index (χ0v) is 14.7. The molecular formula is C18H20ClN5O. The first-order valence-electron chi connectivity index (χ1n) is 8.72. The molecule has 0 saturated heterocycles. The predicted molar refractivity (Wildman–Crippen MR) is 95.9 cm³/mol. The number of carbonyl (C=O) groups is 1. The van der Waals surface area contributed by atoms with Gasteiger partial charge in [-0.05, 0) is 37.8 Å². The summed E-state index contributed by atoms with van der Waals surface area (Å²) in [5.41, 5.74) is 2.56. The van der Waals surface area contributed by atoms with E-state index in [4.69, 9.17) is 11.6 Å². The van der Waals surface area contributed by atoms with Crippen LogP contribution in [0.15, 0.2) is 24.5 Å². The van der Waals surface area contributed by atoms with E-state index in [2.05, 4.69) is 20.3 Å². The van der Waals surface area contributed by atoms with Gasteiger partial charge in [0.1, 0.15) is 23.0 Å². The molecule has 4 rings (SSSR count). The van der Waals surface area contributed by atoms with Gasteiger partial charge in [0.15, 0.2) is 0 Å². The number of nitrogens with zero attached hydrogens (tertiary/aromatic N) is 4. The van der Waals surface area contributed by atoms with Crippen molar-refractivity contribution >= 4 is 23.3 Å². The summed E-state index contributed by atoms with van der Waals surface area (Å²) in [7, 11) is 0. The molecule has 0 radical (unpaired) electrons. The number of pyridine rings is 1. The van der Waals surface area contributed by atoms with E-state index in [9.17, 15) is 4.79 Å². The first kappa shape index (κ1) is 16.3. The van der Waals surface area contributed by atoms with Crippen molar-refractivity contribution in [2.75, 3.05) is 18.4 Å². The Morgan fingerprint density at radius 3 is 2.80 bits per heavy atom. The highest BCUT2D eigenvalue weighted by atomic mass is 35.5. The van der Waals surface area contributed by atoms with Gasteiger partial charge in [0.05, 0.1) is 5.69 Å². The van der Waals surface area contributed by atoms with Crippen molar-refractivity contribution in [3.63, 3.8) is 0 Å². The second-order valence-corrected chi connectivity index (χ2v) is 6.94. The Bertz CT molecular complexity index is 793. The molecule has 0 unspecified atom stereocenters. The van der Waals surface area contributed by atoms with Crippen LogP contribution in [0.1, 0.15) is 41.0 Å². The first-order valence-corrected chi connectivity index (χ1v) is 9.09. The lowest BCUT2D eigenvalue weighted by molar-refractivity contribution is 0.0757. The van der Waals surface area contributed by atoms with Crippen LogP contribution >= 0.6 is 11.6 Å². The molecule has 1 saturated carbocycles. The van der Waals surface area contributed by atoms with E-state index in [-0.39, 0.29) is 5.91 Å². The molecule has 0 aromatic carbocycles. The number of carbonyl (C=O) groups excluding carboxylic acids is 1. The Kier molecular flexibility index (Phi) is 4.53. The fourth-order valence-electron chi connectivity index (χ4n) is 3.29. The molecule has 7 heteroatoms. The van der Waals surface area contributed by atoms with Crippen molar-refractivity contribution < 1.29 is 4.79 Å². The maximum absolute atomic E-state index is 12.7. The summed E-state index contributed by atoms with van der Waals surface area (Å²) >= 11 is 5.91. The number of hydrogen-bond donors (Lipinski definition) is 1. The minimum absolute atomic E-state index is 0.0863. The van der Waals surface area contributed by atoms with Gasteiger partial charge >= 0.3 is 0 Å². The predicted octanol–water partition coefficient (Wildman–Crippen LogP) is 2.73. The van der Waals surface area contributed by atoms with Crippen molar-refractivity contribution in [3.8, 4) is 0 Å². The molecule has 1 aliphatic heterocycles. The zero-order valence-electron chi connectivity index (χ0n) is 13.9. The molecule has 2 aromatic rings. The van der Waals surface area contributed by atoms with E-state index in [1.807, 2.05) is 4.90 Å². The van der Waals surface area contributed by atoms with Gasteiger partial charge in [0.25, 0.3) is 5.91 Å². The largest absolute Gasteiger partial charge is 0.367 e. The van der Waals surface area contributed by atoms with E-state index in [1.165, 1.54) is 19.3 Å². The molecule has 2 aliphatic rings. The standard InChI is InChI=1S/C18H20ClN5O/c19-16-6-2-5-15(23-16)18(25)24-9-7-13-14(8-10-24)20-11-21-17(13)22-12-3-1-4-12/h2,5-6,11-12H,1,3-4,7-10H2,(H,20,21,22). The van der Waals surface area contributed by atoms with Crippen LogP contribution in [-0.2, 0) is 12.8 Å². The quantitative estimate of drug-likeness (QED) is 0.855. The van der Waals surface area contributed by atoms with Crippen LogP contribution in [0.25, 0.3) is 0 Å². The van der Waals surface area contributed by atoms with E-state index >= 15 is 0 Å². The normalized spacial score (nSPS) is 17.4. The summed E-state index contributed by atoms with van der Waals surface area (Å²) in [5.74, 6) is 0.849. The van der Waals surface area contributed by atoms with Gasteiger partial charge in [0.2, 0.25) is 0 Å². The van der Waals surface area contributed by atoms with Gasteiger partial charge in [0, 0.05) is 31.1 Å². The van der Waals surface area contributed by atoms with Crippen LogP contribution in [0.4, 0.5) is 5.82 Å². The Hall–Kier alpha value is -2.21.